The van der Waals surface area contributed by atoms with Gasteiger partial charge in [-0.05, 0) is 90.5 Å². The van der Waals surface area contributed by atoms with Gasteiger partial charge in [-0.2, -0.15) is 0 Å². The fourth-order valence-corrected chi connectivity index (χ4v) is 6.78. The third-order valence-electron chi connectivity index (χ3n) is 10.5. The maximum absolute atomic E-state index is 12.6. The van der Waals surface area contributed by atoms with Crippen LogP contribution in [0, 0.1) is 0 Å². The number of Topliss-reactive ketones (excluding diaryl/α,β-unsaturated/α-hetero) is 4. The number of aliphatic hydroxyl groups is 6. The molecule has 0 saturated heterocycles. The maximum Gasteiger partial charge on any atom is 0.193 e. The first-order chi connectivity index (χ1) is 30.8. The Morgan fingerprint density at radius 1 is 0.394 bits per heavy atom. The molecule has 6 N–H and O–H groups in total. The molecule has 14 heteroatoms. The van der Waals surface area contributed by atoms with Crippen LogP contribution < -0.4 is 0 Å². The Hall–Kier alpha value is -4.84. The van der Waals surface area contributed by atoms with Crippen LogP contribution in [0.25, 0.3) is 0 Å². The summed E-state index contributed by atoms with van der Waals surface area (Å²) in [4.78, 5) is 50.5. The van der Waals surface area contributed by atoms with Crippen molar-refractivity contribution in [1.29, 1.82) is 0 Å². The molecule has 66 heavy (non-hydrogen) atoms. The number of hydrogen-bond acceptors (Lipinski definition) is 14. The molecular formula is C52H66O14. The molecular weight excluding hydrogens is 849 g/mol. The lowest BCUT2D eigenvalue weighted by Crippen LogP contribution is -2.31. The number of benzene rings is 4. The van der Waals surface area contributed by atoms with Gasteiger partial charge in [-0.1, -0.05) is 97.1 Å². The number of rotatable bonds is 27. The van der Waals surface area contributed by atoms with Crippen molar-refractivity contribution in [2.45, 2.75) is 115 Å². The quantitative estimate of drug-likeness (QED) is 0.0301. The Bertz CT molecular complexity index is 1890. The van der Waals surface area contributed by atoms with Gasteiger partial charge in [0.1, 0.15) is 46.8 Å². The molecule has 0 aliphatic rings. The molecule has 0 saturated carbocycles. The van der Waals surface area contributed by atoms with E-state index in [2.05, 4.69) is 0 Å². The summed E-state index contributed by atoms with van der Waals surface area (Å²) in [5.74, 6) is -1.77. The van der Waals surface area contributed by atoms with Crippen molar-refractivity contribution in [3.8, 4) is 0 Å². The summed E-state index contributed by atoms with van der Waals surface area (Å²) in [7, 11) is 0. The van der Waals surface area contributed by atoms with Crippen LogP contribution in [0.5, 0.6) is 0 Å². The fraction of sp³-hybridized carbons (Fsp3) is 0.462. The number of aliphatic hydroxyl groups excluding tert-OH is 2. The predicted octanol–water partition coefficient (Wildman–Crippen LogP) is 5.95. The van der Waals surface area contributed by atoms with Crippen molar-refractivity contribution in [3.63, 3.8) is 0 Å². The minimum absolute atomic E-state index is 0.0141. The Morgan fingerprint density at radius 3 is 0.803 bits per heavy atom. The molecule has 2 atom stereocenters. The summed E-state index contributed by atoms with van der Waals surface area (Å²) in [6.45, 7) is 11.7. The van der Waals surface area contributed by atoms with Gasteiger partial charge in [0, 0.05) is 35.5 Å². The first-order valence-electron chi connectivity index (χ1n) is 22.0. The highest BCUT2D eigenvalue weighted by molar-refractivity contribution is 6.03. The van der Waals surface area contributed by atoms with Gasteiger partial charge in [0.2, 0.25) is 0 Å². The molecule has 4 rings (SSSR count). The number of unbranched alkanes of at least 4 members (excludes halogenated alkanes) is 1. The van der Waals surface area contributed by atoms with Gasteiger partial charge in [0.05, 0.1) is 26.4 Å². The van der Waals surface area contributed by atoms with Crippen molar-refractivity contribution >= 4 is 23.1 Å². The van der Waals surface area contributed by atoms with Crippen molar-refractivity contribution in [3.05, 3.63) is 142 Å². The van der Waals surface area contributed by atoms with E-state index in [1.165, 1.54) is 55.4 Å². The molecule has 0 fully saturated rings. The van der Waals surface area contributed by atoms with Crippen molar-refractivity contribution in [2.75, 3.05) is 39.6 Å². The van der Waals surface area contributed by atoms with Crippen LogP contribution in [0.15, 0.2) is 97.1 Å². The number of carbonyl (C=O) groups is 4. The molecule has 0 aliphatic carbocycles. The molecule has 0 heterocycles. The monoisotopic (exact) mass is 914 g/mol. The smallest absolute Gasteiger partial charge is 0.193 e. The Balaban J connectivity index is 1.25. The first-order valence-corrected chi connectivity index (χ1v) is 22.0. The molecule has 0 aromatic heterocycles. The minimum atomic E-state index is -1.55. The average Bonchev–Trinajstić information content (AvgIpc) is 3.26. The van der Waals surface area contributed by atoms with Crippen molar-refractivity contribution in [2.24, 2.45) is 0 Å². The third kappa shape index (κ3) is 15.9. The molecule has 2 unspecified atom stereocenters. The van der Waals surface area contributed by atoms with E-state index in [-0.39, 0.29) is 26.4 Å². The van der Waals surface area contributed by atoms with Gasteiger partial charge in [0.15, 0.2) is 23.1 Å². The Labute approximate surface area is 387 Å². The number of ether oxygens (including phenoxy) is 4. The highest BCUT2D eigenvalue weighted by Gasteiger charge is 2.29. The normalized spacial score (nSPS) is 13.5. The number of hydrogen-bond donors (Lipinski definition) is 6. The minimum Gasteiger partial charge on any atom is -0.388 e. The molecule has 0 spiro atoms. The van der Waals surface area contributed by atoms with Gasteiger partial charge in [0.25, 0.3) is 0 Å². The second-order valence-corrected chi connectivity index (χ2v) is 18.6. The van der Waals surface area contributed by atoms with Gasteiger partial charge >= 0.3 is 0 Å². The standard InChI is InChI=1S/C52H66O14/c1-49(2,59)45(55)37-19-11-33(12-20-37)43(34-13-21-38(22-14-34)46(56)50(3,4)60)65-31-41(53)29-63-27-9-10-28-64-30-42(54)32-66-44(35-15-23-39(24-16-35)47(57)51(5,6)61)36-17-25-40(26-18-36)48(58)52(7,8)62/h11-26,41-44,53-54,59-62H,9-10,27-32H2,1-8H3. The van der Waals surface area contributed by atoms with Crippen molar-refractivity contribution in [1.82, 2.24) is 0 Å². The van der Waals surface area contributed by atoms with Crippen LogP contribution in [0.2, 0.25) is 0 Å². The van der Waals surface area contributed by atoms with Gasteiger partial charge < -0.3 is 49.6 Å². The second kappa shape index (κ2) is 23.3. The highest BCUT2D eigenvalue weighted by atomic mass is 16.5. The summed E-state index contributed by atoms with van der Waals surface area (Å²) in [6, 6.07) is 26.3. The number of ketones is 4. The van der Waals surface area contributed by atoms with Crippen LogP contribution in [0.3, 0.4) is 0 Å². The van der Waals surface area contributed by atoms with E-state index in [0.717, 1.165) is 0 Å². The summed E-state index contributed by atoms with van der Waals surface area (Å²) < 4.78 is 23.8. The van der Waals surface area contributed by atoms with E-state index in [1.54, 1.807) is 97.1 Å². The van der Waals surface area contributed by atoms with Crippen LogP contribution in [0.1, 0.15) is 144 Å². The van der Waals surface area contributed by atoms with E-state index >= 15 is 0 Å². The Morgan fingerprint density at radius 2 is 0.606 bits per heavy atom. The second-order valence-electron chi connectivity index (χ2n) is 18.6. The molecule has 4 aromatic rings. The van der Waals surface area contributed by atoms with Crippen LogP contribution in [-0.2, 0) is 18.9 Å². The average molecular weight is 915 g/mol. The van der Waals surface area contributed by atoms with E-state index in [4.69, 9.17) is 18.9 Å². The summed E-state index contributed by atoms with van der Waals surface area (Å²) in [5, 5.41) is 62.3. The van der Waals surface area contributed by atoms with Gasteiger partial charge in [-0.25, -0.2) is 0 Å². The lowest BCUT2D eigenvalue weighted by Gasteiger charge is -2.23. The Kier molecular flexibility index (Phi) is 18.9. The van der Waals surface area contributed by atoms with E-state index in [1.807, 2.05) is 0 Å². The van der Waals surface area contributed by atoms with Crippen LogP contribution in [0.4, 0.5) is 0 Å². The molecule has 14 nitrogen and oxygen atoms in total. The summed E-state index contributed by atoms with van der Waals surface area (Å²) in [5.41, 5.74) is -2.30. The SMILES string of the molecule is CC(C)(O)C(=O)c1ccc(C(OCC(O)COCCCCOCC(O)COC(c2ccc(C(=O)C(C)(C)O)cc2)c2ccc(C(=O)C(C)(C)O)cc2)c2ccc(C(=O)C(C)(C)O)cc2)cc1. The number of carbonyl (C=O) groups excluding carboxylic acids is 4. The lowest BCUT2D eigenvalue weighted by atomic mass is 9.92. The zero-order valence-electron chi connectivity index (χ0n) is 39.2. The predicted molar refractivity (Wildman–Crippen MR) is 247 cm³/mol. The largest absolute Gasteiger partial charge is 0.388 e. The van der Waals surface area contributed by atoms with Gasteiger partial charge in [-0.15, -0.1) is 0 Å². The van der Waals surface area contributed by atoms with Gasteiger partial charge in [-0.3, -0.25) is 19.2 Å². The first kappa shape index (κ1) is 53.8. The van der Waals surface area contributed by atoms with Crippen LogP contribution in [-0.4, -0.2) is 128 Å². The zero-order valence-corrected chi connectivity index (χ0v) is 39.2. The van der Waals surface area contributed by atoms with E-state index < -0.39 is 70.0 Å². The molecule has 0 bridgehead atoms. The summed E-state index contributed by atoms with van der Waals surface area (Å²) in [6.07, 6.45) is -2.17. The van der Waals surface area contributed by atoms with E-state index in [0.29, 0.717) is 70.6 Å². The third-order valence-corrected chi connectivity index (χ3v) is 10.5. The van der Waals surface area contributed by atoms with Crippen LogP contribution >= 0.6 is 0 Å². The molecule has 0 amide bonds. The highest BCUT2D eigenvalue weighted by Crippen LogP contribution is 2.30. The zero-order chi connectivity index (χ0) is 49.0. The molecule has 358 valence electrons. The van der Waals surface area contributed by atoms with E-state index in [9.17, 15) is 49.8 Å². The van der Waals surface area contributed by atoms with Crippen molar-refractivity contribution < 1.29 is 68.8 Å². The fourth-order valence-electron chi connectivity index (χ4n) is 6.78. The maximum atomic E-state index is 12.6. The topological polar surface area (TPSA) is 227 Å². The summed E-state index contributed by atoms with van der Waals surface area (Å²) >= 11 is 0. The molecule has 0 aliphatic heterocycles. The molecule has 0 radical (unpaired) electrons. The molecule has 4 aromatic carbocycles. The lowest BCUT2D eigenvalue weighted by molar-refractivity contribution is -0.0414.